The minimum atomic E-state index is -3.15. The standard InChI is InChI=1S/C28H48N2O5S/c1-4-35-19-28(32)12-10-21-20(17-28)5-6-23-22(21)9-11-27(2)24(23)7-8-25(27)26(31)18-29-13-15-30(16-14-29)36(3,33)34/h20-25,32H,4-19H2,1-3H3/t20?,21-,22+,23+,24-,25+,27-,28+/m0/s1. The number of hydrogen-bond acceptors (Lipinski definition) is 6. The van der Waals surface area contributed by atoms with Gasteiger partial charge in [-0.3, -0.25) is 9.69 Å². The van der Waals surface area contributed by atoms with Crippen LogP contribution in [-0.4, -0.2) is 86.3 Å². The molecule has 1 aliphatic heterocycles. The Morgan fingerprint density at radius 2 is 1.69 bits per heavy atom. The van der Waals surface area contributed by atoms with Gasteiger partial charge in [-0.15, -0.1) is 0 Å². The molecule has 206 valence electrons. The number of aliphatic hydroxyl groups is 1. The van der Waals surface area contributed by atoms with Gasteiger partial charge >= 0.3 is 0 Å². The van der Waals surface area contributed by atoms with Gasteiger partial charge in [-0.1, -0.05) is 6.92 Å². The Bertz CT molecular complexity index is 919. The summed E-state index contributed by atoms with van der Waals surface area (Å²) in [5, 5.41) is 11.1. The Labute approximate surface area is 218 Å². The molecule has 0 aromatic rings. The molecule has 0 bridgehead atoms. The molecule has 1 saturated heterocycles. The zero-order valence-corrected chi connectivity index (χ0v) is 23.5. The van der Waals surface area contributed by atoms with Gasteiger partial charge in [-0.25, -0.2) is 8.42 Å². The fraction of sp³-hybridized carbons (Fsp3) is 0.964. The van der Waals surface area contributed by atoms with Crippen molar-refractivity contribution in [3.63, 3.8) is 0 Å². The summed E-state index contributed by atoms with van der Waals surface area (Å²) in [4.78, 5) is 15.8. The number of sulfonamides is 1. The molecular formula is C28H48N2O5S. The van der Waals surface area contributed by atoms with Gasteiger partial charge in [0.05, 0.1) is 25.0 Å². The van der Waals surface area contributed by atoms with E-state index in [2.05, 4.69) is 11.8 Å². The molecule has 0 aromatic carbocycles. The summed E-state index contributed by atoms with van der Waals surface area (Å²) in [6.45, 7) is 8.31. The number of piperazine rings is 1. The van der Waals surface area contributed by atoms with E-state index in [1.807, 2.05) is 6.92 Å². The zero-order valence-electron chi connectivity index (χ0n) is 22.7. The molecule has 8 heteroatoms. The minimum absolute atomic E-state index is 0.115. The summed E-state index contributed by atoms with van der Waals surface area (Å²) >= 11 is 0. The molecule has 0 radical (unpaired) electrons. The number of Topliss-reactive ketones (excluding diaryl/α,β-unsaturated/α-hetero) is 1. The predicted molar refractivity (Wildman–Crippen MR) is 140 cm³/mol. The maximum atomic E-state index is 13.6. The van der Waals surface area contributed by atoms with Crippen LogP contribution in [0.25, 0.3) is 0 Å². The van der Waals surface area contributed by atoms with E-state index in [4.69, 9.17) is 4.74 Å². The molecule has 5 fully saturated rings. The lowest BCUT2D eigenvalue weighted by molar-refractivity contribution is -0.138. The van der Waals surface area contributed by atoms with Gasteiger partial charge in [0.2, 0.25) is 10.0 Å². The number of fused-ring (bicyclic) bond motifs is 5. The quantitative estimate of drug-likeness (QED) is 0.551. The van der Waals surface area contributed by atoms with Crippen LogP contribution in [0.1, 0.15) is 71.6 Å². The van der Waals surface area contributed by atoms with E-state index in [1.54, 1.807) is 0 Å². The maximum absolute atomic E-state index is 13.6. The van der Waals surface area contributed by atoms with Crippen molar-refractivity contribution in [3.05, 3.63) is 0 Å². The Morgan fingerprint density at radius 3 is 2.39 bits per heavy atom. The molecule has 0 aromatic heterocycles. The Balaban J connectivity index is 1.19. The number of ketones is 1. The van der Waals surface area contributed by atoms with Crippen molar-refractivity contribution >= 4 is 15.8 Å². The third-order valence-electron chi connectivity index (χ3n) is 11.2. The number of hydrogen-bond donors (Lipinski definition) is 1. The Kier molecular flexibility index (Phi) is 7.67. The first-order valence-corrected chi connectivity index (χ1v) is 16.4. The second kappa shape index (κ2) is 10.2. The first-order valence-electron chi connectivity index (χ1n) is 14.5. The zero-order chi connectivity index (χ0) is 25.7. The topological polar surface area (TPSA) is 87.2 Å². The minimum Gasteiger partial charge on any atom is -0.387 e. The molecule has 1 unspecified atom stereocenters. The van der Waals surface area contributed by atoms with Crippen LogP contribution in [0.15, 0.2) is 0 Å². The molecule has 0 spiro atoms. The number of carbonyl (C=O) groups is 1. The second-order valence-electron chi connectivity index (χ2n) is 13.1. The van der Waals surface area contributed by atoms with Crippen LogP contribution in [-0.2, 0) is 19.6 Å². The lowest BCUT2D eigenvalue weighted by Crippen LogP contribution is -2.53. The highest BCUT2D eigenvalue weighted by Crippen LogP contribution is 2.64. The van der Waals surface area contributed by atoms with Gasteiger partial charge in [-0.05, 0) is 99.7 Å². The molecule has 7 nitrogen and oxygen atoms in total. The third kappa shape index (κ3) is 5.06. The maximum Gasteiger partial charge on any atom is 0.211 e. The van der Waals surface area contributed by atoms with Crippen LogP contribution < -0.4 is 0 Å². The van der Waals surface area contributed by atoms with Gasteiger partial charge in [0, 0.05) is 38.7 Å². The van der Waals surface area contributed by atoms with Crippen LogP contribution in [0, 0.1) is 40.9 Å². The van der Waals surface area contributed by atoms with Crippen LogP contribution in [0.3, 0.4) is 0 Å². The lowest BCUT2D eigenvalue weighted by atomic mass is 9.49. The lowest BCUT2D eigenvalue weighted by Gasteiger charge is -2.57. The SMILES string of the molecule is CCOC[C@@]1(O)CC[C@H]2C(CC[C@@H]3[C@@H]2CC[C@]2(C)[C@@H](C(=O)CN4CCN(S(C)(=O)=O)CC4)CC[C@@H]32)C1. The molecule has 1 heterocycles. The summed E-state index contributed by atoms with van der Waals surface area (Å²) < 4.78 is 30.8. The third-order valence-corrected chi connectivity index (χ3v) is 12.6. The average Bonchev–Trinajstić information content (AvgIpc) is 3.19. The predicted octanol–water partition coefficient (Wildman–Crippen LogP) is 3.17. The Hall–Kier alpha value is -0.540. The first-order chi connectivity index (χ1) is 17.0. The molecule has 0 amide bonds. The molecule has 1 N–H and O–H groups in total. The average molecular weight is 525 g/mol. The highest BCUT2D eigenvalue weighted by Gasteiger charge is 2.59. The summed E-state index contributed by atoms with van der Waals surface area (Å²) in [5.74, 6) is 4.04. The Morgan fingerprint density at radius 1 is 0.972 bits per heavy atom. The van der Waals surface area contributed by atoms with Crippen LogP contribution in [0.2, 0.25) is 0 Å². The number of nitrogens with zero attached hydrogens (tertiary/aromatic N) is 2. The largest absolute Gasteiger partial charge is 0.387 e. The van der Waals surface area contributed by atoms with Gasteiger partial charge in [0.25, 0.3) is 0 Å². The van der Waals surface area contributed by atoms with Crippen molar-refractivity contribution in [2.75, 3.05) is 52.2 Å². The summed E-state index contributed by atoms with van der Waals surface area (Å²) in [6.07, 6.45) is 11.2. The summed E-state index contributed by atoms with van der Waals surface area (Å²) in [7, 11) is -3.15. The molecule has 36 heavy (non-hydrogen) atoms. The van der Waals surface area contributed by atoms with Crippen LogP contribution >= 0.6 is 0 Å². The second-order valence-corrected chi connectivity index (χ2v) is 15.1. The smallest absolute Gasteiger partial charge is 0.211 e. The van der Waals surface area contributed by atoms with Crippen LogP contribution in [0.5, 0.6) is 0 Å². The van der Waals surface area contributed by atoms with Crippen molar-refractivity contribution in [3.8, 4) is 0 Å². The highest BCUT2D eigenvalue weighted by molar-refractivity contribution is 7.88. The molecule has 8 atom stereocenters. The van der Waals surface area contributed by atoms with Gasteiger partial charge in [0.15, 0.2) is 0 Å². The number of ether oxygens (including phenoxy) is 1. The normalized spacial score (nSPS) is 44.0. The summed E-state index contributed by atoms with van der Waals surface area (Å²) in [6, 6.07) is 0. The number of rotatable bonds is 7. The van der Waals surface area contributed by atoms with Gasteiger partial charge in [-0.2, -0.15) is 4.31 Å². The van der Waals surface area contributed by atoms with E-state index in [-0.39, 0.29) is 11.3 Å². The van der Waals surface area contributed by atoms with Gasteiger partial charge in [0.1, 0.15) is 5.78 Å². The van der Waals surface area contributed by atoms with E-state index >= 15 is 0 Å². The van der Waals surface area contributed by atoms with E-state index in [9.17, 15) is 18.3 Å². The van der Waals surface area contributed by atoms with Crippen molar-refractivity contribution in [2.24, 2.45) is 40.9 Å². The summed E-state index contributed by atoms with van der Waals surface area (Å²) in [5.41, 5.74) is -0.519. The highest BCUT2D eigenvalue weighted by atomic mass is 32.2. The van der Waals surface area contributed by atoms with E-state index in [0.717, 1.165) is 49.9 Å². The molecule has 4 saturated carbocycles. The van der Waals surface area contributed by atoms with E-state index in [0.29, 0.717) is 63.6 Å². The van der Waals surface area contributed by atoms with Crippen molar-refractivity contribution in [1.82, 2.24) is 9.21 Å². The van der Waals surface area contributed by atoms with E-state index in [1.165, 1.54) is 36.2 Å². The van der Waals surface area contributed by atoms with Crippen LogP contribution in [0.4, 0.5) is 0 Å². The molecule has 5 rings (SSSR count). The monoisotopic (exact) mass is 524 g/mol. The van der Waals surface area contributed by atoms with Gasteiger partial charge < -0.3 is 9.84 Å². The van der Waals surface area contributed by atoms with Crippen molar-refractivity contribution in [2.45, 2.75) is 77.2 Å². The molecule has 5 aliphatic rings. The molecule has 4 aliphatic carbocycles. The fourth-order valence-corrected chi connectivity index (χ4v) is 10.3. The van der Waals surface area contributed by atoms with Crippen molar-refractivity contribution < 1.29 is 23.1 Å². The number of carbonyl (C=O) groups excluding carboxylic acids is 1. The fourth-order valence-electron chi connectivity index (χ4n) is 9.46. The molecular weight excluding hydrogens is 476 g/mol. The first kappa shape index (κ1) is 27.0. The van der Waals surface area contributed by atoms with E-state index < -0.39 is 15.6 Å². The van der Waals surface area contributed by atoms with Crippen molar-refractivity contribution in [1.29, 1.82) is 0 Å².